The summed E-state index contributed by atoms with van der Waals surface area (Å²) in [5.74, 6) is 0.543. The van der Waals surface area contributed by atoms with Gasteiger partial charge in [0, 0.05) is 11.6 Å². The highest BCUT2D eigenvalue weighted by Gasteiger charge is 2.16. The molecule has 0 saturated heterocycles. The van der Waals surface area contributed by atoms with Crippen LogP contribution in [-0.4, -0.2) is 16.7 Å². The maximum atomic E-state index is 7.71. The molecule has 0 amide bonds. The third-order valence-corrected chi connectivity index (χ3v) is 1.91. The third-order valence-electron chi connectivity index (χ3n) is 1.91. The number of hydrogen-bond donors (Lipinski definition) is 2. The van der Waals surface area contributed by atoms with Gasteiger partial charge in [0.05, 0.1) is 0 Å². The lowest BCUT2D eigenvalue weighted by molar-refractivity contribution is 0.585. The zero-order valence-corrected chi connectivity index (χ0v) is 9.28. The summed E-state index contributed by atoms with van der Waals surface area (Å²) in [6.45, 7) is 5.87. The first kappa shape index (κ1) is 11.4. The number of amidine groups is 2. The van der Waals surface area contributed by atoms with Gasteiger partial charge in [-0.3, -0.25) is 10.4 Å². The third kappa shape index (κ3) is 3.16. The van der Waals surface area contributed by atoms with Crippen molar-refractivity contribution in [1.29, 1.82) is 5.41 Å². The first-order chi connectivity index (χ1) is 6.91. The summed E-state index contributed by atoms with van der Waals surface area (Å²) in [4.78, 5) is 8.06. The van der Waals surface area contributed by atoms with Gasteiger partial charge in [-0.2, -0.15) is 0 Å². The number of pyridine rings is 1. The molecule has 4 heteroatoms. The smallest absolute Gasteiger partial charge is 0.172 e. The van der Waals surface area contributed by atoms with Gasteiger partial charge >= 0.3 is 0 Å². The standard InChI is InChI=1S/C11H16N4/c1-11(2,3)10(13)15-9(12)8-6-4-5-7-14-8/h4-7H,1-3H3,(H3,12,13,15). The van der Waals surface area contributed by atoms with Crippen molar-refractivity contribution in [3.05, 3.63) is 30.1 Å². The quantitative estimate of drug-likeness (QED) is 0.540. The van der Waals surface area contributed by atoms with Crippen LogP contribution in [0.15, 0.2) is 29.4 Å². The van der Waals surface area contributed by atoms with E-state index in [1.807, 2.05) is 26.8 Å². The number of rotatable bonds is 1. The molecule has 1 aromatic heterocycles. The molecule has 0 aliphatic carbocycles. The number of aromatic nitrogens is 1. The lowest BCUT2D eigenvalue weighted by Crippen LogP contribution is -2.30. The molecule has 1 rings (SSSR count). The van der Waals surface area contributed by atoms with Gasteiger partial charge in [-0.15, -0.1) is 0 Å². The molecule has 0 bridgehead atoms. The van der Waals surface area contributed by atoms with Gasteiger partial charge in [0.2, 0.25) is 0 Å². The van der Waals surface area contributed by atoms with Crippen molar-refractivity contribution < 1.29 is 0 Å². The molecular formula is C11H16N4. The van der Waals surface area contributed by atoms with E-state index in [1.165, 1.54) is 0 Å². The van der Waals surface area contributed by atoms with E-state index in [4.69, 9.17) is 11.1 Å². The molecule has 0 spiro atoms. The minimum absolute atomic E-state index is 0.100. The Morgan fingerprint density at radius 3 is 2.53 bits per heavy atom. The first-order valence-electron chi connectivity index (χ1n) is 4.76. The largest absolute Gasteiger partial charge is 0.387 e. The van der Waals surface area contributed by atoms with E-state index in [9.17, 15) is 0 Å². The SMILES string of the molecule is CC(C)(C)C(N)=NC(=N)c1ccccn1. The van der Waals surface area contributed by atoms with Crippen LogP contribution in [0.5, 0.6) is 0 Å². The summed E-state index contributed by atoms with van der Waals surface area (Å²) in [5.41, 5.74) is 6.08. The second-order valence-corrected chi connectivity index (χ2v) is 4.31. The maximum Gasteiger partial charge on any atom is 0.172 e. The van der Waals surface area contributed by atoms with Crippen molar-refractivity contribution >= 4 is 11.7 Å². The Kier molecular flexibility index (Phi) is 3.19. The Bertz CT molecular complexity index is 373. The Hall–Kier alpha value is -1.71. The highest BCUT2D eigenvalue weighted by atomic mass is 14.9. The Balaban J connectivity index is 2.90. The Morgan fingerprint density at radius 2 is 2.07 bits per heavy atom. The van der Waals surface area contributed by atoms with Crippen LogP contribution in [0.3, 0.4) is 0 Å². The molecule has 0 aliphatic heterocycles. The average Bonchev–Trinajstić information content (AvgIpc) is 2.17. The Morgan fingerprint density at radius 1 is 1.40 bits per heavy atom. The summed E-state index contributed by atoms with van der Waals surface area (Å²) in [5, 5.41) is 7.71. The lowest BCUT2D eigenvalue weighted by Gasteiger charge is -2.17. The molecule has 1 heterocycles. The summed E-state index contributed by atoms with van der Waals surface area (Å²) in [6, 6.07) is 5.36. The summed E-state index contributed by atoms with van der Waals surface area (Å²) >= 11 is 0. The number of hydrogen-bond acceptors (Lipinski definition) is 2. The molecule has 0 fully saturated rings. The molecule has 0 aromatic carbocycles. The molecule has 0 saturated carbocycles. The summed E-state index contributed by atoms with van der Waals surface area (Å²) in [7, 11) is 0. The van der Waals surface area contributed by atoms with Gasteiger partial charge in [0.1, 0.15) is 11.5 Å². The van der Waals surface area contributed by atoms with E-state index in [1.54, 1.807) is 18.3 Å². The fourth-order valence-corrected chi connectivity index (χ4v) is 0.848. The van der Waals surface area contributed by atoms with Crippen LogP contribution in [0.2, 0.25) is 0 Å². The van der Waals surface area contributed by atoms with E-state index in [0.717, 1.165) is 0 Å². The zero-order chi connectivity index (χ0) is 11.5. The predicted molar refractivity (Wildman–Crippen MR) is 62.1 cm³/mol. The minimum atomic E-state index is -0.221. The van der Waals surface area contributed by atoms with Gasteiger partial charge in [0.25, 0.3) is 0 Å². The highest BCUT2D eigenvalue weighted by Crippen LogP contribution is 2.13. The van der Waals surface area contributed by atoms with Crippen LogP contribution in [0.1, 0.15) is 26.5 Å². The maximum absolute atomic E-state index is 7.71. The monoisotopic (exact) mass is 204 g/mol. The van der Waals surface area contributed by atoms with Gasteiger partial charge in [-0.25, -0.2) is 4.99 Å². The van der Waals surface area contributed by atoms with Crippen molar-refractivity contribution in [1.82, 2.24) is 4.98 Å². The first-order valence-corrected chi connectivity index (χ1v) is 4.76. The van der Waals surface area contributed by atoms with Crippen molar-refractivity contribution in [2.24, 2.45) is 16.1 Å². The normalized spacial score (nSPS) is 12.6. The molecular weight excluding hydrogens is 188 g/mol. The molecule has 80 valence electrons. The molecule has 4 nitrogen and oxygen atoms in total. The number of nitrogens with zero attached hydrogens (tertiary/aromatic N) is 2. The molecule has 0 aliphatic rings. The number of nitrogens with two attached hydrogens (primary N) is 1. The second kappa shape index (κ2) is 4.21. The molecule has 1 aromatic rings. The topological polar surface area (TPSA) is 75.1 Å². The average molecular weight is 204 g/mol. The van der Waals surface area contributed by atoms with Crippen LogP contribution in [0, 0.1) is 10.8 Å². The Labute approximate surface area is 89.8 Å². The van der Waals surface area contributed by atoms with Crippen LogP contribution in [0.4, 0.5) is 0 Å². The number of nitrogens with one attached hydrogen (secondary N) is 1. The van der Waals surface area contributed by atoms with E-state index in [2.05, 4.69) is 9.98 Å². The van der Waals surface area contributed by atoms with Crippen molar-refractivity contribution in [3.63, 3.8) is 0 Å². The fraction of sp³-hybridized carbons (Fsp3) is 0.364. The summed E-state index contributed by atoms with van der Waals surface area (Å²) in [6.07, 6.45) is 1.63. The van der Waals surface area contributed by atoms with Crippen molar-refractivity contribution in [2.45, 2.75) is 20.8 Å². The highest BCUT2D eigenvalue weighted by molar-refractivity contribution is 6.04. The van der Waals surface area contributed by atoms with E-state index >= 15 is 0 Å². The van der Waals surface area contributed by atoms with E-state index in [0.29, 0.717) is 11.5 Å². The summed E-state index contributed by atoms with van der Waals surface area (Å²) < 4.78 is 0. The van der Waals surface area contributed by atoms with Gasteiger partial charge in [-0.1, -0.05) is 26.8 Å². The van der Waals surface area contributed by atoms with Crippen LogP contribution in [-0.2, 0) is 0 Å². The second-order valence-electron chi connectivity index (χ2n) is 4.31. The van der Waals surface area contributed by atoms with Crippen LogP contribution < -0.4 is 5.73 Å². The minimum Gasteiger partial charge on any atom is -0.387 e. The number of aliphatic imine (C=N–C) groups is 1. The lowest BCUT2D eigenvalue weighted by atomic mass is 9.95. The molecule has 15 heavy (non-hydrogen) atoms. The van der Waals surface area contributed by atoms with Gasteiger partial charge in [-0.05, 0) is 12.1 Å². The van der Waals surface area contributed by atoms with Crippen molar-refractivity contribution in [2.75, 3.05) is 0 Å². The van der Waals surface area contributed by atoms with Crippen LogP contribution in [0.25, 0.3) is 0 Å². The molecule has 0 radical (unpaired) electrons. The van der Waals surface area contributed by atoms with Gasteiger partial charge in [0.15, 0.2) is 5.84 Å². The molecule has 0 unspecified atom stereocenters. The van der Waals surface area contributed by atoms with Gasteiger partial charge < -0.3 is 5.73 Å². The van der Waals surface area contributed by atoms with Crippen LogP contribution >= 0.6 is 0 Å². The van der Waals surface area contributed by atoms with E-state index in [-0.39, 0.29) is 11.3 Å². The molecule has 0 atom stereocenters. The zero-order valence-electron chi connectivity index (χ0n) is 9.28. The van der Waals surface area contributed by atoms with Crippen molar-refractivity contribution in [3.8, 4) is 0 Å². The van der Waals surface area contributed by atoms with E-state index < -0.39 is 0 Å². The molecule has 3 N–H and O–H groups in total. The predicted octanol–water partition coefficient (Wildman–Crippen LogP) is 1.81. The fourth-order valence-electron chi connectivity index (χ4n) is 0.848.